The summed E-state index contributed by atoms with van der Waals surface area (Å²) in [7, 11) is 0. The minimum absolute atomic E-state index is 0.533. The Labute approximate surface area is 502 Å². The van der Waals surface area contributed by atoms with Gasteiger partial charge in [-0.2, -0.15) is 5.26 Å². The molecule has 0 aliphatic carbocycles. The number of rotatable bonds is 6. The normalized spacial score (nSPS) is 12.1. The van der Waals surface area contributed by atoms with E-state index in [1.165, 1.54) is 22.3 Å². The summed E-state index contributed by atoms with van der Waals surface area (Å²) in [6.07, 6.45) is 3.73. The smallest absolute Gasteiger partial charge is 0.146 e. The molecule has 0 atom stereocenters. The third kappa shape index (κ3) is 7.23. The summed E-state index contributed by atoms with van der Waals surface area (Å²) in [6, 6.07) is 75.1. The van der Waals surface area contributed by atoms with Crippen molar-refractivity contribution in [3.05, 3.63) is 257 Å². The molecule has 0 spiro atoms. The van der Waals surface area contributed by atoms with Crippen LogP contribution in [0.3, 0.4) is 0 Å². The van der Waals surface area contributed by atoms with Gasteiger partial charge in [-0.3, -0.25) is 4.57 Å². The Hall–Kier alpha value is -11.0. The zero-order valence-electron chi connectivity index (χ0n) is 49.7. The average molecular weight is 1120 g/mol. The Kier molecular flexibility index (Phi) is 10.7. The van der Waals surface area contributed by atoms with Gasteiger partial charge in [0.15, 0.2) is 0 Å². The van der Waals surface area contributed by atoms with Gasteiger partial charge in [0, 0.05) is 77.5 Å². The highest BCUT2D eigenvalue weighted by molar-refractivity contribution is 6.18. The first-order valence-electron chi connectivity index (χ1n) is 29.9. The van der Waals surface area contributed by atoms with Gasteiger partial charge >= 0.3 is 0 Å². The van der Waals surface area contributed by atoms with E-state index in [4.69, 9.17) is 9.97 Å². The first-order valence-corrected chi connectivity index (χ1v) is 29.9. The SMILES string of the molecule is Cc1ccc2c(c1)c1cc(C)ccc1n2-c1c(C#N)c(-n2c3ccc(C)cc3c3cc(C)ccc32)c(-n2c3ccc(C)cc3c3cc(C)ccc32)c(-c2ccc(-n3c4ncccc4c4cccnc43)cc2)c1-n1c2ccc(C)cc2c2cc(C)ccc21. The fourth-order valence-electron chi connectivity index (χ4n) is 14.6. The lowest BCUT2D eigenvalue weighted by molar-refractivity contribution is 1.03. The van der Waals surface area contributed by atoms with Crippen LogP contribution in [0.5, 0.6) is 0 Å². The van der Waals surface area contributed by atoms with Crippen LogP contribution in [0.1, 0.15) is 50.1 Å². The third-order valence-corrected chi connectivity index (χ3v) is 18.4. The molecule has 0 saturated carbocycles. The molecule has 0 amide bonds. The lowest BCUT2D eigenvalue weighted by atomic mass is 9.93. The molecule has 0 unspecified atom stereocenters. The van der Waals surface area contributed by atoms with Gasteiger partial charge in [-0.15, -0.1) is 0 Å². The van der Waals surface area contributed by atoms with Crippen LogP contribution in [-0.2, 0) is 0 Å². The molecule has 8 nitrogen and oxygen atoms in total. The Morgan fingerprint density at radius 2 is 0.552 bits per heavy atom. The van der Waals surface area contributed by atoms with Crippen molar-refractivity contribution in [2.24, 2.45) is 0 Å². The molecule has 0 fully saturated rings. The predicted octanol–water partition coefficient (Wildman–Crippen LogP) is 20.0. The number of hydrogen-bond donors (Lipinski definition) is 0. The zero-order chi connectivity index (χ0) is 58.8. The molecule has 17 rings (SSSR count). The van der Waals surface area contributed by atoms with Gasteiger partial charge < -0.3 is 18.3 Å². The molecule has 0 N–H and O–H groups in total. The number of pyridine rings is 2. The van der Waals surface area contributed by atoms with Crippen molar-refractivity contribution in [1.29, 1.82) is 5.26 Å². The van der Waals surface area contributed by atoms with Crippen molar-refractivity contribution < 1.29 is 0 Å². The minimum atomic E-state index is 0.533. The van der Waals surface area contributed by atoms with Gasteiger partial charge in [0.05, 0.1) is 66.9 Å². The summed E-state index contributed by atoms with van der Waals surface area (Å²) in [4.78, 5) is 10.0. The van der Waals surface area contributed by atoms with Crippen LogP contribution in [0.4, 0.5) is 0 Å². The molecule has 17 aromatic rings. The molecule has 7 aromatic heterocycles. The maximum Gasteiger partial charge on any atom is 0.146 e. The van der Waals surface area contributed by atoms with Crippen molar-refractivity contribution in [1.82, 2.24) is 32.8 Å². The third-order valence-electron chi connectivity index (χ3n) is 18.4. The second-order valence-electron chi connectivity index (χ2n) is 24.4. The van der Waals surface area contributed by atoms with Crippen LogP contribution in [0, 0.1) is 66.7 Å². The van der Waals surface area contributed by atoms with E-state index in [9.17, 15) is 5.26 Å². The lowest BCUT2D eigenvalue weighted by Gasteiger charge is -2.29. The number of fused-ring (bicyclic) bond motifs is 15. The molecule has 7 heterocycles. The highest BCUT2D eigenvalue weighted by Crippen LogP contribution is 2.52. The highest BCUT2D eigenvalue weighted by atomic mass is 15.1. The summed E-state index contributed by atoms with van der Waals surface area (Å²) in [5, 5.41) is 24.3. The molecular weight excluding hydrogens is 1060 g/mol. The topological polar surface area (TPSA) is 74.2 Å². The number of aromatic nitrogens is 7. The standard InChI is InChI=1S/C79H58N8/c1-44-13-25-65-56(35-44)57-36-45(2)14-26-66(57)84(65)74-64(43-80)75(85-67-27-15-46(3)37-58(67)59-38-47(4)16-28-68(59)85)77(87-71-31-19-50(7)41-62(71)63-42-51(8)20-32-72(63)87)73(76(74)86-69-29-17-48(5)39-60(69)61-40-49(6)18-30-70(61)86)52-21-23-53(24-22-52)83-78-54(11-9-33-81-78)55-12-10-34-82-79(55)83/h9-42H,1-8H3. The van der Waals surface area contributed by atoms with Gasteiger partial charge in [-0.1, -0.05) is 105 Å². The molecule has 0 bridgehead atoms. The van der Waals surface area contributed by atoms with Crippen molar-refractivity contribution >= 4 is 109 Å². The highest BCUT2D eigenvalue weighted by Gasteiger charge is 2.35. The molecule has 10 aromatic carbocycles. The van der Waals surface area contributed by atoms with Crippen molar-refractivity contribution in [3.63, 3.8) is 0 Å². The molecule has 414 valence electrons. The van der Waals surface area contributed by atoms with Gasteiger partial charge in [0.2, 0.25) is 0 Å². The molecule has 87 heavy (non-hydrogen) atoms. The van der Waals surface area contributed by atoms with Gasteiger partial charge in [0.25, 0.3) is 0 Å². The van der Waals surface area contributed by atoms with E-state index in [1.54, 1.807) is 0 Å². The second-order valence-corrected chi connectivity index (χ2v) is 24.4. The molecular formula is C79H58N8. The number of nitrogens with zero attached hydrogens (tertiary/aromatic N) is 8. The molecule has 0 radical (unpaired) electrons. The van der Waals surface area contributed by atoms with E-state index in [0.717, 1.165) is 171 Å². The van der Waals surface area contributed by atoms with E-state index in [-0.39, 0.29) is 0 Å². The first kappa shape index (κ1) is 50.5. The predicted molar refractivity (Wildman–Crippen MR) is 362 cm³/mol. The first-order chi connectivity index (χ1) is 42.4. The minimum Gasteiger partial charge on any atom is -0.306 e. The lowest BCUT2D eigenvalue weighted by Crippen LogP contribution is -2.16. The fourth-order valence-corrected chi connectivity index (χ4v) is 14.6. The van der Waals surface area contributed by atoms with E-state index in [1.807, 2.05) is 24.5 Å². The van der Waals surface area contributed by atoms with E-state index in [2.05, 4.69) is 266 Å². The average Bonchev–Trinajstić information content (AvgIpc) is 1.65. The van der Waals surface area contributed by atoms with Gasteiger partial charge in [-0.25, -0.2) is 9.97 Å². The molecule has 8 heteroatoms. The number of nitriles is 1. The summed E-state index contributed by atoms with van der Waals surface area (Å²) >= 11 is 0. The van der Waals surface area contributed by atoms with E-state index in [0.29, 0.717) is 5.56 Å². The van der Waals surface area contributed by atoms with Crippen LogP contribution < -0.4 is 0 Å². The Balaban J connectivity index is 1.19. The summed E-state index contributed by atoms with van der Waals surface area (Å²) in [5.41, 5.74) is 25.9. The van der Waals surface area contributed by atoms with Gasteiger partial charge in [-0.05, 0) is 194 Å². The second kappa shape index (κ2) is 18.5. The van der Waals surface area contributed by atoms with Crippen LogP contribution in [0.2, 0.25) is 0 Å². The maximum absolute atomic E-state index is 13.2. The number of benzene rings is 10. The van der Waals surface area contributed by atoms with Crippen LogP contribution in [-0.4, -0.2) is 32.8 Å². The molecule has 0 aliphatic heterocycles. The summed E-state index contributed by atoms with van der Waals surface area (Å²) < 4.78 is 12.0. The van der Waals surface area contributed by atoms with Crippen molar-refractivity contribution in [2.45, 2.75) is 55.4 Å². The largest absolute Gasteiger partial charge is 0.306 e. The Morgan fingerprint density at radius 1 is 0.287 bits per heavy atom. The summed E-state index contributed by atoms with van der Waals surface area (Å²) in [5.74, 6) is 0. The summed E-state index contributed by atoms with van der Waals surface area (Å²) in [6.45, 7) is 17.4. The van der Waals surface area contributed by atoms with E-state index < -0.39 is 0 Å². The maximum atomic E-state index is 13.2. The fraction of sp³-hybridized carbons (Fsp3) is 0.101. The quantitative estimate of drug-likeness (QED) is 0.166. The van der Waals surface area contributed by atoms with Crippen molar-refractivity contribution in [3.8, 4) is 45.6 Å². The van der Waals surface area contributed by atoms with Crippen LogP contribution in [0.25, 0.3) is 149 Å². The van der Waals surface area contributed by atoms with Crippen LogP contribution in [0.15, 0.2) is 207 Å². The number of aryl methyl sites for hydroxylation is 8. The Morgan fingerprint density at radius 3 is 0.816 bits per heavy atom. The monoisotopic (exact) mass is 1120 g/mol. The van der Waals surface area contributed by atoms with Gasteiger partial charge in [0.1, 0.15) is 22.9 Å². The Bertz CT molecular complexity index is 5360. The molecule has 0 aliphatic rings. The molecule has 0 saturated heterocycles. The van der Waals surface area contributed by atoms with Crippen LogP contribution >= 0.6 is 0 Å². The number of hydrogen-bond acceptors (Lipinski definition) is 3. The van der Waals surface area contributed by atoms with E-state index >= 15 is 0 Å². The zero-order valence-corrected chi connectivity index (χ0v) is 49.7. The van der Waals surface area contributed by atoms with Crippen molar-refractivity contribution in [2.75, 3.05) is 0 Å².